The first-order valence-corrected chi connectivity index (χ1v) is 8.05. The first-order chi connectivity index (χ1) is 12.1. The van der Waals surface area contributed by atoms with Gasteiger partial charge >= 0.3 is 0 Å². The zero-order chi connectivity index (χ0) is 17.8. The topological polar surface area (TPSA) is 78.0 Å². The van der Waals surface area contributed by atoms with Gasteiger partial charge in [0, 0.05) is 18.3 Å². The second-order valence-electron chi connectivity index (χ2n) is 5.80. The Balaban J connectivity index is 1.85. The van der Waals surface area contributed by atoms with E-state index in [0.29, 0.717) is 23.9 Å². The summed E-state index contributed by atoms with van der Waals surface area (Å²) in [6, 6.07) is 7.93. The lowest BCUT2D eigenvalue weighted by atomic mass is 10.3. The summed E-state index contributed by atoms with van der Waals surface area (Å²) in [7, 11) is 0. The summed E-state index contributed by atoms with van der Waals surface area (Å²) in [5.74, 6) is 1.10. The Morgan fingerprint density at radius 3 is 2.84 bits per heavy atom. The Bertz CT molecular complexity index is 843. The fourth-order valence-corrected chi connectivity index (χ4v) is 2.50. The molecule has 0 saturated heterocycles. The molecule has 7 nitrogen and oxygen atoms in total. The molecule has 0 saturated carbocycles. The molecule has 25 heavy (non-hydrogen) atoms. The standard InChI is InChI=1S/C17H20FN5O2/c1-12(2)23-15(6-7-19-23)17-20-16(21-22(17)8-9-24)11-25-14-5-3-4-13(18)10-14/h3-7,10,12,24H,8-9,11H2,1-2H3. The largest absolute Gasteiger partial charge is 0.485 e. The number of halogens is 1. The zero-order valence-electron chi connectivity index (χ0n) is 14.1. The Morgan fingerprint density at radius 1 is 1.28 bits per heavy atom. The maximum Gasteiger partial charge on any atom is 0.188 e. The van der Waals surface area contributed by atoms with Crippen LogP contribution < -0.4 is 4.74 Å². The SMILES string of the molecule is CC(C)n1nccc1-c1nc(COc2cccc(F)c2)nn1CCO. The lowest BCUT2D eigenvalue weighted by molar-refractivity contribution is 0.266. The van der Waals surface area contributed by atoms with Crippen LogP contribution in [0.25, 0.3) is 11.5 Å². The summed E-state index contributed by atoms with van der Waals surface area (Å²) in [4.78, 5) is 4.51. The maximum atomic E-state index is 13.2. The monoisotopic (exact) mass is 345 g/mol. The molecule has 2 heterocycles. The van der Waals surface area contributed by atoms with Gasteiger partial charge in [-0.05, 0) is 32.0 Å². The third-order valence-electron chi connectivity index (χ3n) is 3.58. The minimum Gasteiger partial charge on any atom is -0.485 e. The summed E-state index contributed by atoms with van der Waals surface area (Å²) in [5, 5.41) is 18.0. The van der Waals surface area contributed by atoms with Crippen molar-refractivity contribution in [2.45, 2.75) is 33.0 Å². The number of aromatic nitrogens is 5. The van der Waals surface area contributed by atoms with Crippen LogP contribution in [0.15, 0.2) is 36.5 Å². The average Bonchev–Trinajstić information content (AvgIpc) is 3.20. The van der Waals surface area contributed by atoms with Crippen LogP contribution in [0.2, 0.25) is 0 Å². The van der Waals surface area contributed by atoms with Crippen LogP contribution in [-0.4, -0.2) is 36.3 Å². The molecule has 1 aromatic carbocycles. The Hall–Kier alpha value is -2.74. The van der Waals surface area contributed by atoms with E-state index in [1.165, 1.54) is 12.1 Å². The fourth-order valence-electron chi connectivity index (χ4n) is 2.50. The van der Waals surface area contributed by atoms with Crippen molar-refractivity contribution < 1.29 is 14.2 Å². The predicted molar refractivity (Wildman–Crippen MR) is 89.4 cm³/mol. The highest BCUT2D eigenvalue weighted by Crippen LogP contribution is 2.21. The molecule has 132 valence electrons. The molecule has 0 bridgehead atoms. The van der Waals surface area contributed by atoms with Gasteiger partial charge in [-0.15, -0.1) is 0 Å². The van der Waals surface area contributed by atoms with Crippen LogP contribution in [0, 0.1) is 5.82 Å². The molecule has 0 aliphatic rings. The van der Waals surface area contributed by atoms with Crippen molar-refractivity contribution in [2.75, 3.05) is 6.61 Å². The van der Waals surface area contributed by atoms with E-state index >= 15 is 0 Å². The molecular formula is C17H20FN5O2. The fraction of sp³-hybridized carbons (Fsp3) is 0.353. The number of aliphatic hydroxyl groups excluding tert-OH is 1. The van der Waals surface area contributed by atoms with Crippen molar-refractivity contribution in [3.8, 4) is 17.3 Å². The van der Waals surface area contributed by atoms with Crippen molar-refractivity contribution in [1.82, 2.24) is 24.5 Å². The summed E-state index contributed by atoms with van der Waals surface area (Å²) in [5.41, 5.74) is 0.813. The predicted octanol–water partition coefficient (Wildman–Crippen LogP) is 2.43. The number of ether oxygens (including phenoxy) is 1. The van der Waals surface area contributed by atoms with E-state index in [0.717, 1.165) is 5.69 Å². The Morgan fingerprint density at radius 2 is 2.12 bits per heavy atom. The molecule has 0 fully saturated rings. The van der Waals surface area contributed by atoms with Crippen LogP contribution >= 0.6 is 0 Å². The quantitative estimate of drug-likeness (QED) is 0.711. The molecule has 3 aromatic rings. The van der Waals surface area contributed by atoms with Gasteiger partial charge in [0.1, 0.15) is 23.9 Å². The highest BCUT2D eigenvalue weighted by molar-refractivity contribution is 5.49. The van der Waals surface area contributed by atoms with Crippen molar-refractivity contribution in [3.63, 3.8) is 0 Å². The first-order valence-electron chi connectivity index (χ1n) is 8.05. The van der Waals surface area contributed by atoms with Crippen LogP contribution in [-0.2, 0) is 13.2 Å². The third-order valence-corrected chi connectivity index (χ3v) is 3.58. The van der Waals surface area contributed by atoms with E-state index in [4.69, 9.17) is 4.74 Å². The Labute approximate surface area is 144 Å². The number of aliphatic hydroxyl groups is 1. The average molecular weight is 345 g/mol. The van der Waals surface area contributed by atoms with Crippen LogP contribution in [0.1, 0.15) is 25.7 Å². The molecule has 8 heteroatoms. The van der Waals surface area contributed by atoms with E-state index in [2.05, 4.69) is 15.2 Å². The summed E-state index contributed by atoms with van der Waals surface area (Å²) >= 11 is 0. The van der Waals surface area contributed by atoms with Gasteiger partial charge in [0.2, 0.25) is 0 Å². The second kappa shape index (κ2) is 7.43. The number of nitrogens with zero attached hydrogens (tertiary/aromatic N) is 5. The number of hydrogen-bond donors (Lipinski definition) is 1. The molecular weight excluding hydrogens is 325 g/mol. The molecule has 0 spiro atoms. The van der Waals surface area contributed by atoms with Crippen LogP contribution in [0.4, 0.5) is 4.39 Å². The van der Waals surface area contributed by atoms with Gasteiger partial charge in [0.15, 0.2) is 11.6 Å². The van der Waals surface area contributed by atoms with Gasteiger partial charge in [-0.3, -0.25) is 4.68 Å². The van der Waals surface area contributed by atoms with Gasteiger partial charge in [0.05, 0.1) is 13.2 Å². The van der Waals surface area contributed by atoms with Gasteiger partial charge in [-0.1, -0.05) is 6.07 Å². The third kappa shape index (κ3) is 3.85. The zero-order valence-corrected chi connectivity index (χ0v) is 14.1. The van der Waals surface area contributed by atoms with E-state index in [9.17, 15) is 9.50 Å². The van der Waals surface area contributed by atoms with Crippen molar-refractivity contribution in [3.05, 3.63) is 48.2 Å². The molecule has 0 aliphatic carbocycles. The van der Waals surface area contributed by atoms with E-state index in [-0.39, 0.29) is 25.1 Å². The number of rotatable bonds is 7. The normalized spacial score (nSPS) is 11.2. The maximum absolute atomic E-state index is 13.2. The summed E-state index contributed by atoms with van der Waals surface area (Å²) < 4.78 is 22.2. The molecule has 2 aromatic heterocycles. The molecule has 0 amide bonds. The second-order valence-corrected chi connectivity index (χ2v) is 5.80. The number of hydrogen-bond acceptors (Lipinski definition) is 5. The summed E-state index contributed by atoms with van der Waals surface area (Å²) in [6.45, 7) is 4.40. The van der Waals surface area contributed by atoms with Crippen LogP contribution in [0.5, 0.6) is 5.75 Å². The van der Waals surface area contributed by atoms with Gasteiger partial charge < -0.3 is 9.84 Å². The van der Waals surface area contributed by atoms with Gasteiger partial charge in [0.25, 0.3) is 0 Å². The van der Waals surface area contributed by atoms with Gasteiger partial charge in [-0.25, -0.2) is 14.1 Å². The lowest BCUT2D eigenvalue weighted by Crippen LogP contribution is -2.10. The molecule has 3 rings (SSSR count). The van der Waals surface area contributed by atoms with Crippen molar-refractivity contribution >= 4 is 0 Å². The molecule has 0 atom stereocenters. The van der Waals surface area contributed by atoms with E-state index in [1.54, 1.807) is 23.0 Å². The lowest BCUT2D eigenvalue weighted by Gasteiger charge is -2.10. The van der Waals surface area contributed by atoms with Crippen molar-refractivity contribution in [1.29, 1.82) is 0 Å². The molecule has 0 aliphatic heterocycles. The van der Waals surface area contributed by atoms with Gasteiger partial charge in [-0.2, -0.15) is 10.2 Å². The smallest absolute Gasteiger partial charge is 0.188 e. The van der Waals surface area contributed by atoms with Crippen LogP contribution in [0.3, 0.4) is 0 Å². The summed E-state index contributed by atoms with van der Waals surface area (Å²) in [6.07, 6.45) is 1.70. The first kappa shape index (κ1) is 17.1. The minimum atomic E-state index is -0.363. The van der Waals surface area contributed by atoms with E-state index in [1.807, 2.05) is 24.6 Å². The highest BCUT2D eigenvalue weighted by atomic mass is 19.1. The Kier molecular flexibility index (Phi) is 5.08. The van der Waals surface area contributed by atoms with Crippen molar-refractivity contribution in [2.24, 2.45) is 0 Å². The number of benzene rings is 1. The minimum absolute atomic E-state index is 0.0592. The molecule has 0 radical (unpaired) electrons. The molecule has 1 N–H and O–H groups in total. The highest BCUT2D eigenvalue weighted by Gasteiger charge is 2.17. The molecule has 0 unspecified atom stereocenters. The van der Waals surface area contributed by atoms with E-state index < -0.39 is 0 Å².